The fourth-order valence-corrected chi connectivity index (χ4v) is 6.01. The van der Waals surface area contributed by atoms with Crippen molar-refractivity contribution < 1.29 is 24.5 Å². The molecule has 0 radical (unpaired) electrons. The highest BCUT2D eigenvalue weighted by molar-refractivity contribution is 14.1. The summed E-state index contributed by atoms with van der Waals surface area (Å²) in [6, 6.07) is 13.4. The summed E-state index contributed by atoms with van der Waals surface area (Å²) in [4.78, 5) is 23.3. The molecule has 0 aliphatic rings. The minimum Gasteiger partial charge on any atom is -0.506 e. The van der Waals surface area contributed by atoms with Crippen molar-refractivity contribution in [3.63, 3.8) is 0 Å². The fraction of sp³-hybridized carbons (Fsp3) is 0.0455. The lowest BCUT2D eigenvalue weighted by molar-refractivity contribution is 0.0696. The van der Waals surface area contributed by atoms with Crippen LogP contribution in [0.4, 0.5) is 0 Å². The molecule has 3 aromatic carbocycles. The number of ether oxygens (including phenoxy) is 1. The zero-order chi connectivity index (χ0) is 24.1. The van der Waals surface area contributed by atoms with Gasteiger partial charge in [-0.15, -0.1) is 0 Å². The van der Waals surface area contributed by atoms with Gasteiger partial charge in [-0.1, -0.05) is 28.1 Å². The zero-order valence-corrected chi connectivity index (χ0v) is 24.0. The van der Waals surface area contributed by atoms with Gasteiger partial charge in [0.1, 0.15) is 18.1 Å². The Labute approximate surface area is 233 Å². The van der Waals surface area contributed by atoms with Crippen molar-refractivity contribution in [2.45, 2.75) is 6.61 Å². The minimum absolute atomic E-state index is 0.0812. The molecule has 0 aromatic heterocycles. The maximum atomic E-state index is 12.3. The number of benzene rings is 3. The molecule has 0 saturated carbocycles. The summed E-state index contributed by atoms with van der Waals surface area (Å²) in [6.45, 7) is 0.293. The lowest BCUT2D eigenvalue weighted by Gasteiger charge is -2.11. The van der Waals surface area contributed by atoms with Gasteiger partial charge in [-0.3, -0.25) is 4.79 Å². The summed E-state index contributed by atoms with van der Waals surface area (Å²) in [6.07, 6.45) is 1.50. The van der Waals surface area contributed by atoms with Gasteiger partial charge in [0.05, 0.1) is 29.0 Å². The van der Waals surface area contributed by atoms with E-state index in [0.717, 1.165) is 18.3 Å². The highest BCUT2D eigenvalue weighted by atomic mass is 127. The molecule has 33 heavy (non-hydrogen) atoms. The Morgan fingerprint density at radius 3 is 2.30 bits per heavy atom. The van der Waals surface area contributed by atoms with Gasteiger partial charge in [0.15, 0.2) is 0 Å². The van der Waals surface area contributed by atoms with Gasteiger partial charge in [-0.25, -0.2) is 10.2 Å². The van der Waals surface area contributed by atoms with Gasteiger partial charge in [-0.05, 0) is 109 Å². The predicted molar refractivity (Wildman–Crippen MR) is 148 cm³/mol. The van der Waals surface area contributed by atoms with Crippen LogP contribution < -0.4 is 10.2 Å². The Morgan fingerprint density at radius 1 is 1.06 bits per heavy atom. The lowest BCUT2D eigenvalue weighted by atomic mass is 10.1. The van der Waals surface area contributed by atoms with E-state index in [4.69, 9.17) is 9.84 Å². The largest absolute Gasteiger partial charge is 0.506 e. The van der Waals surface area contributed by atoms with E-state index in [9.17, 15) is 14.7 Å². The third-order valence-corrected chi connectivity index (χ3v) is 6.92. The molecule has 3 N–H and O–H groups in total. The first kappa shape index (κ1) is 25.9. The van der Waals surface area contributed by atoms with E-state index in [1.54, 1.807) is 18.2 Å². The number of hydrazone groups is 1. The number of hydrogen-bond donors (Lipinski definition) is 3. The zero-order valence-electron chi connectivity index (χ0n) is 16.5. The Bertz CT molecular complexity index is 1230. The van der Waals surface area contributed by atoms with E-state index in [1.807, 2.05) is 12.1 Å². The molecular weight excluding hydrogens is 786 g/mol. The molecule has 0 heterocycles. The van der Waals surface area contributed by atoms with E-state index < -0.39 is 11.9 Å². The highest BCUT2D eigenvalue weighted by Gasteiger charge is 2.15. The number of hydrogen-bond acceptors (Lipinski definition) is 5. The third-order valence-electron chi connectivity index (χ3n) is 4.26. The summed E-state index contributed by atoms with van der Waals surface area (Å²) in [5, 5.41) is 23.0. The quantitative estimate of drug-likeness (QED) is 0.151. The standard InChI is InChI=1S/C22H14Br2I2N2O5/c23-14-7-15(19(29)16(24)8-14)21(30)28-27-9-12-5-17(25)20(18(26)6-12)33-10-11-1-3-13(4-2-11)22(31)32/h1-9,29H,10H2,(H,28,30)(H,31,32)/b27-9-. The van der Waals surface area contributed by atoms with Crippen LogP contribution in [0, 0.1) is 7.14 Å². The summed E-state index contributed by atoms with van der Waals surface area (Å²) in [5.74, 6) is -0.997. The van der Waals surface area contributed by atoms with Crippen LogP contribution in [0.15, 0.2) is 62.6 Å². The topological polar surface area (TPSA) is 108 Å². The second-order valence-electron chi connectivity index (χ2n) is 6.59. The molecule has 0 bridgehead atoms. The molecule has 0 aliphatic carbocycles. The molecule has 0 atom stereocenters. The number of rotatable bonds is 7. The number of carbonyl (C=O) groups is 2. The Hall–Kier alpha value is -1.71. The number of phenols is 1. The first-order chi connectivity index (χ1) is 15.7. The molecule has 0 fully saturated rings. The molecule has 170 valence electrons. The third kappa shape index (κ3) is 6.90. The average Bonchev–Trinajstić information content (AvgIpc) is 2.76. The van der Waals surface area contributed by atoms with Crippen molar-refractivity contribution in [3.8, 4) is 11.5 Å². The monoisotopic (exact) mass is 798 g/mol. The van der Waals surface area contributed by atoms with E-state index in [-0.39, 0.29) is 16.9 Å². The van der Waals surface area contributed by atoms with Crippen LogP contribution in [0.25, 0.3) is 0 Å². The minimum atomic E-state index is -0.971. The SMILES string of the molecule is O=C(O)c1ccc(COc2c(I)cc(/C=N\NC(=O)c3cc(Br)cc(Br)c3O)cc2I)cc1. The van der Waals surface area contributed by atoms with Crippen molar-refractivity contribution in [2.24, 2.45) is 5.10 Å². The smallest absolute Gasteiger partial charge is 0.335 e. The van der Waals surface area contributed by atoms with Crippen LogP contribution in [-0.4, -0.2) is 28.3 Å². The van der Waals surface area contributed by atoms with Crippen molar-refractivity contribution in [3.05, 3.63) is 86.9 Å². The van der Waals surface area contributed by atoms with Crippen LogP contribution in [0.3, 0.4) is 0 Å². The molecule has 0 saturated heterocycles. The first-order valence-electron chi connectivity index (χ1n) is 9.11. The van der Waals surface area contributed by atoms with Gasteiger partial charge in [0.2, 0.25) is 0 Å². The molecule has 0 spiro atoms. The van der Waals surface area contributed by atoms with E-state index in [2.05, 4.69) is 87.6 Å². The number of nitrogens with zero attached hydrogens (tertiary/aromatic N) is 1. The number of amides is 1. The lowest BCUT2D eigenvalue weighted by Crippen LogP contribution is -2.18. The molecule has 7 nitrogen and oxygen atoms in total. The molecule has 3 rings (SSSR count). The Morgan fingerprint density at radius 2 is 1.70 bits per heavy atom. The van der Waals surface area contributed by atoms with Crippen LogP contribution in [0.2, 0.25) is 0 Å². The summed E-state index contributed by atoms with van der Waals surface area (Å²) in [5.41, 5.74) is 4.31. The predicted octanol–water partition coefficient (Wildman–Crippen LogP) is 6.17. The Balaban J connectivity index is 1.66. The van der Waals surface area contributed by atoms with Crippen LogP contribution in [-0.2, 0) is 6.61 Å². The molecule has 0 aliphatic heterocycles. The van der Waals surface area contributed by atoms with Gasteiger partial charge < -0.3 is 14.9 Å². The molecule has 11 heteroatoms. The maximum absolute atomic E-state index is 12.3. The number of carboxylic acids is 1. The average molecular weight is 800 g/mol. The summed E-state index contributed by atoms with van der Waals surface area (Å²) < 4.78 is 8.66. The molecular formula is C22H14Br2I2N2O5. The summed E-state index contributed by atoms with van der Waals surface area (Å²) in [7, 11) is 0. The normalized spacial score (nSPS) is 10.9. The fourth-order valence-electron chi connectivity index (χ4n) is 2.66. The van der Waals surface area contributed by atoms with E-state index in [1.165, 1.54) is 24.4 Å². The number of aromatic hydroxyl groups is 1. The number of halogens is 4. The van der Waals surface area contributed by atoms with Crippen molar-refractivity contribution in [1.29, 1.82) is 0 Å². The Kier molecular flexibility index (Phi) is 9.12. The van der Waals surface area contributed by atoms with Crippen LogP contribution in [0.1, 0.15) is 31.8 Å². The summed E-state index contributed by atoms with van der Waals surface area (Å²) >= 11 is 10.8. The number of nitrogens with one attached hydrogen (secondary N) is 1. The van der Waals surface area contributed by atoms with Crippen LogP contribution in [0.5, 0.6) is 11.5 Å². The van der Waals surface area contributed by atoms with Gasteiger partial charge in [-0.2, -0.15) is 5.10 Å². The number of aromatic carboxylic acids is 1. The number of carboxylic acid groups (broad SMARTS) is 1. The maximum Gasteiger partial charge on any atom is 0.335 e. The van der Waals surface area contributed by atoms with Gasteiger partial charge >= 0.3 is 5.97 Å². The van der Waals surface area contributed by atoms with Crippen molar-refractivity contribution in [2.75, 3.05) is 0 Å². The van der Waals surface area contributed by atoms with E-state index in [0.29, 0.717) is 21.3 Å². The first-order valence-corrected chi connectivity index (χ1v) is 12.9. The number of phenolic OH excluding ortho intramolecular Hbond substituents is 1. The molecule has 3 aromatic rings. The molecule has 0 unspecified atom stereocenters. The second kappa shape index (κ2) is 11.6. The van der Waals surface area contributed by atoms with Gasteiger partial charge in [0, 0.05) is 4.47 Å². The highest BCUT2D eigenvalue weighted by Crippen LogP contribution is 2.32. The second-order valence-corrected chi connectivity index (χ2v) is 10.7. The van der Waals surface area contributed by atoms with Gasteiger partial charge in [0.25, 0.3) is 5.91 Å². The van der Waals surface area contributed by atoms with E-state index >= 15 is 0 Å². The van der Waals surface area contributed by atoms with Crippen molar-refractivity contribution in [1.82, 2.24) is 5.43 Å². The number of carbonyl (C=O) groups excluding carboxylic acids is 1. The van der Waals surface area contributed by atoms with Crippen LogP contribution >= 0.6 is 77.0 Å². The molecule has 1 amide bonds. The van der Waals surface area contributed by atoms with Crippen molar-refractivity contribution >= 4 is 95.1 Å².